The lowest BCUT2D eigenvalue weighted by atomic mass is 10.1. The number of hydrogen-bond donors (Lipinski definition) is 1. The normalized spacial score (nSPS) is 10.2. The Balaban J connectivity index is 2.30. The third-order valence-electron chi connectivity index (χ3n) is 2.36. The van der Waals surface area contributed by atoms with E-state index < -0.39 is 5.97 Å². The van der Waals surface area contributed by atoms with E-state index in [1.165, 1.54) is 0 Å². The molecule has 17 heavy (non-hydrogen) atoms. The molecule has 0 aliphatic heterocycles. The molecule has 88 valence electrons. The van der Waals surface area contributed by atoms with E-state index in [0.29, 0.717) is 6.61 Å². The maximum Gasteiger partial charge on any atom is 0.358 e. The van der Waals surface area contributed by atoms with Crippen LogP contribution in [0.15, 0.2) is 24.4 Å². The summed E-state index contributed by atoms with van der Waals surface area (Å²) >= 11 is 0. The van der Waals surface area contributed by atoms with Crippen molar-refractivity contribution in [1.29, 1.82) is 0 Å². The third kappa shape index (κ3) is 2.33. The zero-order valence-corrected chi connectivity index (χ0v) is 9.73. The number of ether oxygens (including phenoxy) is 1. The fraction of sp³-hybridized carbons (Fsp3) is 0.250. The maximum absolute atomic E-state index is 11.5. The van der Waals surface area contributed by atoms with Gasteiger partial charge in [-0.25, -0.2) is 4.79 Å². The average molecular weight is 231 g/mol. The first-order valence-corrected chi connectivity index (χ1v) is 5.37. The average Bonchev–Trinajstić information content (AvgIpc) is 2.79. The second kappa shape index (κ2) is 4.78. The van der Waals surface area contributed by atoms with Crippen molar-refractivity contribution in [2.24, 2.45) is 0 Å². The van der Waals surface area contributed by atoms with Gasteiger partial charge in [0.2, 0.25) is 0 Å². The Hall–Kier alpha value is -2.17. The van der Waals surface area contributed by atoms with Crippen molar-refractivity contribution < 1.29 is 9.53 Å². The Morgan fingerprint density at radius 3 is 3.06 bits per heavy atom. The summed E-state index contributed by atoms with van der Waals surface area (Å²) in [6, 6.07) is 5.43. The molecule has 0 atom stereocenters. The first-order chi connectivity index (χ1) is 8.22. The number of pyridine rings is 1. The van der Waals surface area contributed by atoms with Crippen molar-refractivity contribution >= 4 is 5.97 Å². The standard InChI is InChI=1S/C12H13N3O2/c1-3-17-12(16)11-7-10(14-15-11)9-5-4-6-13-8(9)2/h4-7H,3H2,1-2H3,(H,14,15). The molecule has 0 aromatic carbocycles. The largest absolute Gasteiger partial charge is 0.461 e. The highest BCUT2D eigenvalue weighted by Gasteiger charge is 2.13. The molecule has 2 heterocycles. The summed E-state index contributed by atoms with van der Waals surface area (Å²) in [4.78, 5) is 15.6. The van der Waals surface area contributed by atoms with E-state index >= 15 is 0 Å². The van der Waals surface area contributed by atoms with E-state index in [4.69, 9.17) is 4.74 Å². The predicted octanol–water partition coefficient (Wildman–Crippen LogP) is 1.96. The number of esters is 1. The van der Waals surface area contributed by atoms with Crippen LogP contribution in [0, 0.1) is 6.92 Å². The molecule has 0 saturated carbocycles. The SMILES string of the molecule is CCOC(=O)c1cc(-c2cccnc2C)[nH]n1. The van der Waals surface area contributed by atoms with Crippen molar-refractivity contribution in [2.75, 3.05) is 6.61 Å². The topological polar surface area (TPSA) is 67.9 Å². The summed E-state index contributed by atoms with van der Waals surface area (Å²) in [5.74, 6) is -0.420. The van der Waals surface area contributed by atoms with Crippen molar-refractivity contribution in [1.82, 2.24) is 15.2 Å². The number of nitrogens with zero attached hydrogens (tertiary/aromatic N) is 2. The number of hydrogen-bond acceptors (Lipinski definition) is 4. The number of aromatic amines is 1. The molecule has 2 aromatic rings. The molecule has 2 rings (SSSR count). The summed E-state index contributed by atoms with van der Waals surface area (Å²) in [6.07, 6.45) is 1.72. The van der Waals surface area contributed by atoms with Crippen LogP contribution in [0.2, 0.25) is 0 Å². The summed E-state index contributed by atoms with van der Waals surface area (Å²) < 4.78 is 4.87. The number of carbonyl (C=O) groups excluding carboxylic acids is 1. The molecule has 5 nitrogen and oxygen atoms in total. The molecule has 0 aliphatic rings. The van der Waals surface area contributed by atoms with Gasteiger partial charge in [-0.3, -0.25) is 10.1 Å². The van der Waals surface area contributed by atoms with E-state index in [2.05, 4.69) is 15.2 Å². The highest BCUT2D eigenvalue weighted by molar-refractivity contribution is 5.88. The second-order valence-electron chi connectivity index (χ2n) is 3.52. The molecule has 0 unspecified atom stereocenters. The van der Waals surface area contributed by atoms with Crippen LogP contribution in [0.1, 0.15) is 23.1 Å². The van der Waals surface area contributed by atoms with Gasteiger partial charge in [0.25, 0.3) is 0 Å². The van der Waals surface area contributed by atoms with Gasteiger partial charge in [-0.2, -0.15) is 5.10 Å². The van der Waals surface area contributed by atoms with Crippen molar-refractivity contribution in [3.8, 4) is 11.3 Å². The Bertz CT molecular complexity index is 534. The summed E-state index contributed by atoms with van der Waals surface area (Å²) in [6.45, 7) is 4.00. The lowest BCUT2D eigenvalue weighted by molar-refractivity contribution is 0.0519. The molecule has 0 saturated heterocycles. The van der Waals surface area contributed by atoms with Crippen LogP contribution in [0.3, 0.4) is 0 Å². The van der Waals surface area contributed by atoms with Gasteiger partial charge in [0, 0.05) is 17.5 Å². The van der Waals surface area contributed by atoms with Crippen LogP contribution < -0.4 is 0 Å². The Labute approximate surface area is 98.8 Å². The van der Waals surface area contributed by atoms with Gasteiger partial charge in [-0.15, -0.1) is 0 Å². The number of aryl methyl sites for hydroxylation is 1. The molecule has 0 amide bonds. The van der Waals surface area contributed by atoms with E-state index in [9.17, 15) is 4.79 Å². The van der Waals surface area contributed by atoms with Gasteiger partial charge in [-0.05, 0) is 32.0 Å². The number of H-pyrrole nitrogens is 1. The third-order valence-corrected chi connectivity index (χ3v) is 2.36. The van der Waals surface area contributed by atoms with Gasteiger partial charge >= 0.3 is 5.97 Å². The molecular weight excluding hydrogens is 218 g/mol. The zero-order chi connectivity index (χ0) is 12.3. The van der Waals surface area contributed by atoms with Crippen LogP contribution >= 0.6 is 0 Å². The molecule has 0 bridgehead atoms. The summed E-state index contributed by atoms with van der Waals surface area (Å²) in [5.41, 5.74) is 2.85. The van der Waals surface area contributed by atoms with Crippen LogP contribution in [-0.4, -0.2) is 27.8 Å². The summed E-state index contributed by atoms with van der Waals surface area (Å²) in [7, 11) is 0. The summed E-state index contributed by atoms with van der Waals surface area (Å²) in [5, 5.41) is 6.74. The van der Waals surface area contributed by atoms with Gasteiger partial charge in [0.05, 0.1) is 12.3 Å². The Kier molecular flexibility index (Phi) is 3.18. The first kappa shape index (κ1) is 11.3. The lowest BCUT2D eigenvalue weighted by Gasteiger charge is -1.99. The van der Waals surface area contributed by atoms with E-state index in [1.54, 1.807) is 19.2 Å². The van der Waals surface area contributed by atoms with Crippen molar-refractivity contribution in [3.63, 3.8) is 0 Å². The molecule has 0 radical (unpaired) electrons. The molecule has 0 spiro atoms. The van der Waals surface area contributed by atoms with E-state index in [1.807, 2.05) is 19.1 Å². The van der Waals surface area contributed by atoms with Crippen molar-refractivity contribution in [3.05, 3.63) is 35.8 Å². The first-order valence-electron chi connectivity index (χ1n) is 5.37. The van der Waals surface area contributed by atoms with E-state index in [0.717, 1.165) is 17.0 Å². The lowest BCUT2D eigenvalue weighted by Crippen LogP contribution is -2.04. The molecule has 2 aromatic heterocycles. The van der Waals surface area contributed by atoms with Crippen molar-refractivity contribution in [2.45, 2.75) is 13.8 Å². The fourth-order valence-corrected chi connectivity index (χ4v) is 1.54. The minimum absolute atomic E-state index is 0.283. The van der Waals surface area contributed by atoms with Gasteiger partial charge < -0.3 is 4.74 Å². The fourth-order valence-electron chi connectivity index (χ4n) is 1.54. The quantitative estimate of drug-likeness (QED) is 0.820. The van der Waals surface area contributed by atoms with Crippen LogP contribution in [0.5, 0.6) is 0 Å². The molecule has 0 fully saturated rings. The van der Waals surface area contributed by atoms with Crippen LogP contribution in [0.4, 0.5) is 0 Å². The second-order valence-corrected chi connectivity index (χ2v) is 3.52. The van der Waals surface area contributed by atoms with Gasteiger partial charge in [-0.1, -0.05) is 0 Å². The Morgan fingerprint density at radius 1 is 1.53 bits per heavy atom. The van der Waals surface area contributed by atoms with Gasteiger partial charge in [0.1, 0.15) is 0 Å². The minimum Gasteiger partial charge on any atom is -0.461 e. The number of rotatable bonds is 3. The Morgan fingerprint density at radius 2 is 2.35 bits per heavy atom. The van der Waals surface area contributed by atoms with Crippen LogP contribution in [-0.2, 0) is 4.74 Å². The number of nitrogens with one attached hydrogen (secondary N) is 1. The van der Waals surface area contributed by atoms with Gasteiger partial charge in [0.15, 0.2) is 5.69 Å². The minimum atomic E-state index is -0.420. The molecule has 0 aliphatic carbocycles. The van der Waals surface area contributed by atoms with Crippen LogP contribution in [0.25, 0.3) is 11.3 Å². The zero-order valence-electron chi connectivity index (χ0n) is 9.73. The number of aromatic nitrogens is 3. The predicted molar refractivity (Wildman–Crippen MR) is 62.5 cm³/mol. The van der Waals surface area contributed by atoms with E-state index in [-0.39, 0.29) is 5.69 Å². The highest BCUT2D eigenvalue weighted by Crippen LogP contribution is 2.20. The number of carbonyl (C=O) groups is 1. The molecule has 5 heteroatoms. The maximum atomic E-state index is 11.5. The highest BCUT2D eigenvalue weighted by atomic mass is 16.5. The molecule has 1 N–H and O–H groups in total. The monoisotopic (exact) mass is 231 g/mol. The smallest absolute Gasteiger partial charge is 0.358 e. The molecular formula is C12H13N3O2.